The van der Waals surface area contributed by atoms with Gasteiger partial charge in [-0.1, -0.05) is 12.1 Å². The number of carboxylic acids is 1. The normalized spacial score (nSPS) is 11.2. The molecule has 0 aliphatic heterocycles. The molecule has 1 aromatic rings. The van der Waals surface area contributed by atoms with Crippen LogP contribution in [0.3, 0.4) is 0 Å². The molecule has 1 heterocycles. The van der Waals surface area contributed by atoms with Gasteiger partial charge in [0, 0.05) is 5.54 Å². The number of carboxylic acid groups (broad SMARTS) is 1. The first kappa shape index (κ1) is 13.1. The predicted molar refractivity (Wildman–Crippen MR) is 59.5 cm³/mol. The molecule has 2 N–H and O–H groups in total. The van der Waals surface area contributed by atoms with Crippen molar-refractivity contribution in [3.8, 4) is 0 Å². The van der Waals surface area contributed by atoms with Crippen molar-refractivity contribution < 1.29 is 14.7 Å². The van der Waals surface area contributed by atoms with Crippen molar-refractivity contribution in [2.45, 2.75) is 39.3 Å². The van der Waals surface area contributed by atoms with Gasteiger partial charge in [0.15, 0.2) is 5.69 Å². The number of hydrogen-bond acceptors (Lipinski definition) is 4. The van der Waals surface area contributed by atoms with E-state index in [9.17, 15) is 9.59 Å². The fraction of sp³-hybridized carbons (Fsp3) is 0.600. The Morgan fingerprint density at radius 3 is 2.71 bits per heavy atom. The minimum absolute atomic E-state index is 0.118. The molecule has 94 valence electrons. The van der Waals surface area contributed by atoms with E-state index >= 15 is 0 Å². The standard InChI is InChI=1S/C10H16N4O3/c1-4-10(2,3)11-9(17)7-5-14(13-12-7)6-8(15)16/h5H,4,6H2,1-3H3,(H,11,17)(H,15,16). The van der Waals surface area contributed by atoms with Crippen molar-refractivity contribution in [3.63, 3.8) is 0 Å². The molecule has 1 aromatic heterocycles. The molecule has 0 unspecified atom stereocenters. The van der Waals surface area contributed by atoms with Crippen LogP contribution >= 0.6 is 0 Å². The van der Waals surface area contributed by atoms with Crippen LogP contribution in [-0.4, -0.2) is 37.5 Å². The maximum atomic E-state index is 11.7. The Labute approximate surface area is 98.8 Å². The summed E-state index contributed by atoms with van der Waals surface area (Å²) in [5, 5.41) is 18.5. The number of aromatic nitrogens is 3. The molecule has 0 radical (unpaired) electrons. The van der Waals surface area contributed by atoms with Gasteiger partial charge in [-0.15, -0.1) is 5.10 Å². The van der Waals surface area contributed by atoms with E-state index in [1.165, 1.54) is 6.20 Å². The van der Waals surface area contributed by atoms with Gasteiger partial charge in [-0.25, -0.2) is 4.68 Å². The summed E-state index contributed by atoms with van der Waals surface area (Å²) in [4.78, 5) is 22.2. The third kappa shape index (κ3) is 3.86. The van der Waals surface area contributed by atoms with Crippen LogP contribution in [0.25, 0.3) is 0 Å². The van der Waals surface area contributed by atoms with Gasteiger partial charge in [0.25, 0.3) is 5.91 Å². The molecule has 0 aromatic carbocycles. The molecule has 0 saturated heterocycles. The van der Waals surface area contributed by atoms with E-state index in [1.54, 1.807) is 0 Å². The van der Waals surface area contributed by atoms with E-state index in [0.717, 1.165) is 11.1 Å². The molecule has 0 aliphatic carbocycles. The lowest BCUT2D eigenvalue weighted by Gasteiger charge is -2.23. The number of rotatable bonds is 5. The van der Waals surface area contributed by atoms with Gasteiger partial charge in [0.2, 0.25) is 0 Å². The van der Waals surface area contributed by atoms with Crippen LogP contribution in [0.5, 0.6) is 0 Å². The SMILES string of the molecule is CCC(C)(C)NC(=O)c1cn(CC(=O)O)nn1. The Morgan fingerprint density at radius 1 is 1.53 bits per heavy atom. The van der Waals surface area contributed by atoms with E-state index in [0.29, 0.717) is 0 Å². The zero-order chi connectivity index (χ0) is 13.1. The Kier molecular flexibility index (Phi) is 3.82. The molecule has 7 heteroatoms. The van der Waals surface area contributed by atoms with Gasteiger partial charge in [-0.05, 0) is 20.3 Å². The minimum Gasteiger partial charge on any atom is -0.480 e. The van der Waals surface area contributed by atoms with Crippen molar-refractivity contribution in [3.05, 3.63) is 11.9 Å². The zero-order valence-electron chi connectivity index (χ0n) is 10.1. The summed E-state index contributed by atoms with van der Waals surface area (Å²) in [6.45, 7) is 5.44. The summed E-state index contributed by atoms with van der Waals surface area (Å²) in [6.07, 6.45) is 2.09. The second-order valence-corrected chi connectivity index (χ2v) is 4.39. The summed E-state index contributed by atoms with van der Waals surface area (Å²) in [6, 6.07) is 0. The smallest absolute Gasteiger partial charge is 0.325 e. The van der Waals surface area contributed by atoms with Gasteiger partial charge >= 0.3 is 5.97 Å². The van der Waals surface area contributed by atoms with Gasteiger partial charge in [0.05, 0.1) is 6.20 Å². The summed E-state index contributed by atoms with van der Waals surface area (Å²) in [7, 11) is 0. The van der Waals surface area contributed by atoms with Crippen molar-refractivity contribution in [2.24, 2.45) is 0 Å². The molecule has 0 saturated carbocycles. The lowest BCUT2D eigenvalue weighted by molar-refractivity contribution is -0.137. The zero-order valence-corrected chi connectivity index (χ0v) is 10.1. The fourth-order valence-corrected chi connectivity index (χ4v) is 1.08. The maximum absolute atomic E-state index is 11.7. The Balaban J connectivity index is 2.70. The highest BCUT2D eigenvalue weighted by molar-refractivity contribution is 5.92. The first-order chi connectivity index (χ1) is 7.84. The van der Waals surface area contributed by atoms with Gasteiger partial charge in [0.1, 0.15) is 6.54 Å². The van der Waals surface area contributed by atoms with Crippen molar-refractivity contribution >= 4 is 11.9 Å². The predicted octanol–water partition coefficient (Wildman–Crippen LogP) is 0.281. The number of amides is 1. The third-order valence-electron chi connectivity index (χ3n) is 2.40. The fourth-order valence-electron chi connectivity index (χ4n) is 1.08. The highest BCUT2D eigenvalue weighted by Crippen LogP contribution is 2.08. The van der Waals surface area contributed by atoms with E-state index < -0.39 is 5.97 Å². The molecule has 17 heavy (non-hydrogen) atoms. The maximum Gasteiger partial charge on any atom is 0.325 e. The average molecular weight is 240 g/mol. The van der Waals surface area contributed by atoms with E-state index in [4.69, 9.17) is 5.11 Å². The summed E-state index contributed by atoms with van der Waals surface area (Å²) in [5.74, 6) is -1.38. The van der Waals surface area contributed by atoms with Crippen LogP contribution in [0.4, 0.5) is 0 Å². The van der Waals surface area contributed by atoms with Gasteiger partial charge in [-0.3, -0.25) is 9.59 Å². The quantitative estimate of drug-likeness (QED) is 0.770. The lowest BCUT2D eigenvalue weighted by Crippen LogP contribution is -2.42. The minimum atomic E-state index is -1.03. The van der Waals surface area contributed by atoms with Crippen LogP contribution < -0.4 is 5.32 Å². The van der Waals surface area contributed by atoms with E-state index in [1.807, 2.05) is 20.8 Å². The van der Waals surface area contributed by atoms with Gasteiger partial charge in [-0.2, -0.15) is 0 Å². The molecule has 0 spiro atoms. The first-order valence-electron chi connectivity index (χ1n) is 5.28. The highest BCUT2D eigenvalue weighted by atomic mass is 16.4. The summed E-state index contributed by atoms with van der Waals surface area (Å²) >= 11 is 0. The van der Waals surface area contributed by atoms with Gasteiger partial charge < -0.3 is 10.4 Å². The van der Waals surface area contributed by atoms with Crippen LogP contribution in [0, 0.1) is 0 Å². The number of hydrogen-bond donors (Lipinski definition) is 2. The first-order valence-corrected chi connectivity index (χ1v) is 5.28. The highest BCUT2D eigenvalue weighted by Gasteiger charge is 2.20. The Hall–Kier alpha value is -1.92. The number of nitrogens with one attached hydrogen (secondary N) is 1. The molecule has 0 aliphatic rings. The van der Waals surface area contributed by atoms with Crippen molar-refractivity contribution in [2.75, 3.05) is 0 Å². The molecular weight excluding hydrogens is 224 g/mol. The molecule has 1 amide bonds. The number of carbonyl (C=O) groups excluding carboxylic acids is 1. The van der Waals surface area contributed by atoms with E-state index in [-0.39, 0.29) is 23.7 Å². The Bertz CT molecular complexity index is 425. The molecule has 7 nitrogen and oxygen atoms in total. The average Bonchev–Trinajstić information content (AvgIpc) is 2.64. The molecule has 1 rings (SSSR count). The second kappa shape index (κ2) is 4.94. The number of carbonyl (C=O) groups is 2. The molecular formula is C10H16N4O3. The number of nitrogens with zero attached hydrogens (tertiary/aromatic N) is 3. The lowest BCUT2D eigenvalue weighted by atomic mass is 10.0. The van der Waals surface area contributed by atoms with Crippen LogP contribution in [0.1, 0.15) is 37.7 Å². The van der Waals surface area contributed by atoms with Crippen LogP contribution in [0.2, 0.25) is 0 Å². The topological polar surface area (TPSA) is 97.1 Å². The Morgan fingerprint density at radius 2 is 2.18 bits per heavy atom. The van der Waals surface area contributed by atoms with Crippen LogP contribution in [-0.2, 0) is 11.3 Å². The third-order valence-corrected chi connectivity index (χ3v) is 2.40. The van der Waals surface area contributed by atoms with Crippen molar-refractivity contribution in [1.82, 2.24) is 20.3 Å². The largest absolute Gasteiger partial charge is 0.480 e. The van der Waals surface area contributed by atoms with E-state index in [2.05, 4.69) is 15.6 Å². The van der Waals surface area contributed by atoms with Crippen molar-refractivity contribution in [1.29, 1.82) is 0 Å². The summed E-state index contributed by atoms with van der Waals surface area (Å²) in [5.41, 5.74) is -0.207. The molecule has 0 atom stereocenters. The number of aliphatic carboxylic acids is 1. The second-order valence-electron chi connectivity index (χ2n) is 4.39. The molecule has 0 bridgehead atoms. The monoisotopic (exact) mass is 240 g/mol. The molecule has 0 fully saturated rings. The summed E-state index contributed by atoms with van der Waals surface area (Å²) < 4.78 is 1.11. The van der Waals surface area contributed by atoms with Crippen LogP contribution in [0.15, 0.2) is 6.20 Å².